The zero-order chi connectivity index (χ0) is 24.7. The quantitative estimate of drug-likeness (QED) is 0.448. The fourth-order valence-electron chi connectivity index (χ4n) is 4.73. The van der Waals surface area contributed by atoms with E-state index in [1.807, 2.05) is 54.4 Å². The Labute approximate surface area is 201 Å². The van der Waals surface area contributed by atoms with Gasteiger partial charge in [-0.1, -0.05) is 12.1 Å². The van der Waals surface area contributed by atoms with E-state index in [4.69, 9.17) is 14.5 Å². The molecular formula is C24H27N7O4. The number of likely N-dealkylation sites (tertiary alicyclic amines) is 1. The molecular weight excluding hydrogens is 450 g/mol. The first-order valence-corrected chi connectivity index (χ1v) is 11.4. The Morgan fingerprint density at radius 1 is 1.23 bits per heavy atom. The van der Waals surface area contributed by atoms with Gasteiger partial charge in [0.15, 0.2) is 11.2 Å². The normalized spacial score (nSPS) is 17.8. The summed E-state index contributed by atoms with van der Waals surface area (Å²) in [4.78, 5) is 27.0. The third-order valence-corrected chi connectivity index (χ3v) is 6.57. The molecule has 0 spiro atoms. The maximum Gasteiger partial charge on any atom is 0.407 e. The predicted molar refractivity (Wildman–Crippen MR) is 127 cm³/mol. The number of benzene rings is 1. The number of rotatable bonds is 6. The molecule has 1 saturated heterocycles. The average Bonchev–Trinajstić information content (AvgIpc) is 3.55. The number of ether oxygens (including phenoxy) is 2. The molecule has 1 fully saturated rings. The van der Waals surface area contributed by atoms with Gasteiger partial charge >= 0.3 is 6.09 Å². The molecule has 0 radical (unpaired) electrons. The highest BCUT2D eigenvalue weighted by Crippen LogP contribution is 2.37. The molecule has 182 valence electrons. The Bertz CT molecular complexity index is 1380. The molecule has 11 heteroatoms. The maximum absolute atomic E-state index is 12.0. The van der Waals surface area contributed by atoms with Crippen LogP contribution >= 0.6 is 0 Å². The maximum atomic E-state index is 12.0. The number of fused-ring (bicyclic) bond motifs is 1. The van der Waals surface area contributed by atoms with Crippen LogP contribution in [0.5, 0.6) is 11.6 Å². The van der Waals surface area contributed by atoms with Crippen molar-refractivity contribution in [3.8, 4) is 23.0 Å². The third kappa shape index (κ3) is 3.82. The summed E-state index contributed by atoms with van der Waals surface area (Å²) in [7, 11) is 3.49. The summed E-state index contributed by atoms with van der Waals surface area (Å²) in [6.45, 7) is 5.16. The van der Waals surface area contributed by atoms with Crippen LogP contribution in [0.15, 0.2) is 36.8 Å². The minimum Gasteiger partial charge on any atom is -0.497 e. The summed E-state index contributed by atoms with van der Waals surface area (Å²) in [5.41, 5.74) is 3.89. The van der Waals surface area contributed by atoms with Gasteiger partial charge in [0.05, 0.1) is 24.9 Å². The van der Waals surface area contributed by atoms with Gasteiger partial charge in [0, 0.05) is 32.3 Å². The molecule has 1 amide bonds. The van der Waals surface area contributed by atoms with Crippen LogP contribution in [-0.4, -0.2) is 65.2 Å². The van der Waals surface area contributed by atoms with E-state index in [1.54, 1.807) is 13.3 Å². The molecule has 4 aromatic rings. The van der Waals surface area contributed by atoms with E-state index in [0.717, 1.165) is 23.4 Å². The molecule has 35 heavy (non-hydrogen) atoms. The first kappa shape index (κ1) is 22.6. The van der Waals surface area contributed by atoms with Crippen LogP contribution in [0.4, 0.5) is 4.79 Å². The van der Waals surface area contributed by atoms with Gasteiger partial charge in [-0.05, 0) is 31.5 Å². The lowest BCUT2D eigenvalue weighted by Gasteiger charge is -2.26. The molecule has 4 heterocycles. The lowest BCUT2D eigenvalue weighted by atomic mass is 10.0. The van der Waals surface area contributed by atoms with E-state index in [9.17, 15) is 9.90 Å². The van der Waals surface area contributed by atoms with Crippen LogP contribution in [0.25, 0.3) is 22.6 Å². The first-order chi connectivity index (χ1) is 16.9. The second-order valence-corrected chi connectivity index (χ2v) is 8.44. The van der Waals surface area contributed by atoms with E-state index in [-0.39, 0.29) is 0 Å². The molecule has 1 aliphatic heterocycles. The average molecular weight is 478 g/mol. The Kier molecular flexibility index (Phi) is 5.75. The number of methoxy groups -OCH3 is 1. The fraction of sp³-hybridized carbons (Fsp3) is 0.375. The van der Waals surface area contributed by atoms with E-state index in [1.165, 1.54) is 11.2 Å². The van der Waals surface area contributed by atoms with E-state index in [0.29, 0.717) is 41.6 Å². The van der Waals surface area contributed by atoms with Crippen molar-refractivity contribution in [2.24, 2.45) is 7.05 Å². The Balaban J connectivity index is 1.52. The van der Waals surface area contributed by atoms with Crippen LogP contribution in [0.3, 0.4) is 0 Å². The zero-order valence-electron chi connectivity index (χ0n) is 20.0. The molecule has 2 unspecified atom stereocenters. The molecule has 5 rings (SSSR count). The van der Waals surface area contributed by atoms with Crippen LogP contribution in [0.2, 0.25) is 0 Å². The number of aromatic nitrogens is 6. The van der Waals surface area contributed by atoms with Crippen LogP contribution in [-0.2, 0) is 13.6 Å². The number of aryl methyl sites for hydroxylation is 2. The van der Waals surface area contributed by atoms with Crippen LogP contribution in [0, 0.1) is 6.92 Å². The predicted octanol–water partition coefficient (Wildman–Crippen LogP) is 3.44. The van der Waals surface area contributed by atoms with Gasteiger partial charge < -0.3 is 19.1 Å². The van der Waals surface area contributed by atoms with E-state index in [2.05, 4.69) is 15.1 Å². The van der Waals surface area contributed by atoms with Crippen molar-refractivity contribution >= 4 is 17.3 Å². The molecule has 1 aliphatic rings. The van der Waals surface area contributed by atoms with Crippen LogP contribution in [0.1, 0.15) is 30.6 Å². The molecule has 3 aromatic heterocycles. The summed E-state index contributed by atoms with van der Waals surface area (Å²) < 4.78 is 15.4. The summed E-state index contributed by atoms with van der Waals surface area (Å²) in [6.07, 6.45) is 2.34. The standard InChI is InChI=1S/C24H27N7O4/c1-5-31-14(2)17(12-27-31)21-28-19-22(29(21)3)25-13-26-23(19)35-18-10-11-30(24(32)33)20(18)15-6-8-16(34-4)9-7-15/h6-9,12-13,18,20H,5,10-11H2,1-4H3,(H,32,33). The first-order valence-electron chi connectivity index (χ1n) is 11.4. The molecule has 0 saturated carbocycles. The fourth-order valence-corrected chi connectivity index (χ4v) is 4.73. The minimum absolute atomic E-state index is 0.327. The number of carbonyl (C=O) groups is 1. The van der Waals surface area contributed by atoms with Crippen molar-refractivity contribution in [2.75, 3.05) is 13.7 Å². The number of nitrogens with zero attached hydrogens (tertiary/aromatic N) is 7. The number of amides is 1. The summed E-state index contributed by atoms with van der Waals surface area (Å²) in [5.74, 6) is 1.74. The Morgan fingerprint density at radius 3 is 2.66 bits per heavy atom. The number of hydrogen-bond acceptors (Lipinski definition) is 7. The monoisotopic (exact) mass is 477 g/mol. The van der Waals surface area contributed by atoms with Gasteiger partial charge in [-0.15, -0.1) is 0 Å². The minimum atomic E-state index is -0.992. The van der Waals surface area contributed by atoms with Crippen molar-refractivity contribution in [3.05, 3.63) is 48.0 Å². The highest BCUT2D eigenvalue weighted by molar-refractivity contribution is 5.81. The molecule has 0 aliphatic carbocycles. The Morgan fingerprint density at radius 2 is 2.00 bits per heavy atom. The highest BCUT2D eigenvalue weighted by Gasteiger charge is 2.40. The number of carboxylic acid groups (broad SMARTS) is 1. The van der Waals surface area contributed by atoms with Gasteiger partial charge in [0.2, 0.25) is 5.88 Å². The van der Waals surface area contributed by atoms with Gasteiger partial charge in [-0.2, -0.15) is 10.1 Å². The van der Waals surface area contributed by atoms with Crippen molar-refractivity contribution in [2.45, 2.75) is 39.0 Å². The van der Waals surface area contributed by atoms with Crippen molar-refractivity contribution in [1.82, 2.24) is 34.2 Å². The van der Waals surface area contributed by atoms with Crippen molar-refractivity contribution < 1.29 is 19.4 Å². The van der Waals surface area contributed by atoms with Gasteiger partial charge in [-0.3, -0.25) is 9.58 Å². The van der Waals surface area contributed by atoms with Crippen molar-refractivity contribution in [3.63, 3.8) is 0 Å². The van der Waals surface area contributed by atoms with E-state index < -0.39 is 18.2 Å². The van der Waals surface area contributed by atoms with Gasteiger partial charge in [0.25, 0.3) is 0 Å². The topological polar surface area (TPSA) is 120 Å². The SMILES string of the molecule is CCn1ncc(-c2nc3c(OC4CCN(C(=O)O)C4c4ccc(OC)cc4)ncnc3n2C)c1C. The zero-order valence-corrected chi connectivity index (χ0v) is 20.0. The molecule has 11 nitrogen and oxygen atoms in total. The van der Waals surface area contributed by atoms with E-state index >= 15 is 0 Å². The van der Waals surface area contributed by atoms with Gasteiger partial charge in [0.1, 0.15) is 24.0 Å². The lowest BCUT2D eigenvalue weighted by Crippen LogP contribution is -2.34. The second kappa shape index (κ2) is 8.90. The molecule has 2 atom stereocenters. The lowest BCUT2D eigenvalue weighted by molar-refractivity contribution is 0.110. The molecule has 1 aromatic carbocycles. The Hall–Kier alpha value is -4.15. The van der Waals surface area contributed by atoms with Crippen LogP contribution < -0.4 is 9.47 Å². The smallest absolute Gasteiger partial charge is 0.407 e. The third-order valence-electron chi connectivity index (χ3n) is 6.57. The highest BCUT2D eigenvalue weighted by atomic mass is 16.5. The number of imidazole rings is 1. The van der Waals surface area contributed by atoms with Crippen molar-refractivity contribution in [1.29, 1.82) is 0 Å². The summed E-state index contributed by atoms with van der Waals surface area (Å²) in [6, 6.07) is 6.87. The largest absolute Gasteiger partial charge is 0.497 e. The second-order valence-electron chi connectivity index (χ2n) is 8.44. The van der Waals surface area contributed by atoms with Gasteiger partial charge in [-0.25, -0.2) is 14.8 Å². The molecule has 1 N–H and O–H groups in total. The molecule has 0 bridgehead atoms. The summed E-state index contributed by atoms with van der Waals surface area (Å²) in [5, 5.41) is 14.2. The number of hydrogen-bond donors (Lipinski definition) is 1. The summed E-state index contributed by atoms with van der Waals surface area (Å²) >= 11 is 0.